The van der Waals surface area contributed by atoms with Crippen molar-refractivity contribution in [2.45, 2.75) is 19.8 Å². The Labute approximate surface area is 89.0 Å². The molecule has 1 rings (SSSR count). The van der Waals surface area contributed by atoms with Crippen molar-refractivity contribution >= 4 is 11.9 Å². The van der Waals surface area contributed by atoms with E-state index in [1.54, 1.807) is 6.92 Å². The molecule has 1 fully saturated rings. The summed E-state index contributed by atoms with van der Waals surface area (Å²) in [5.74, 6) is -1.08. The number of piperidine rings is 1. The van der Waals surface area contributed by atoms with Crippen LogP contribution in [0.15, 0.2) is 0 Å². The summed E-state index contributed by atoms with van der Waals surface area (Å²) in [6.45, 7) is 3.11. The number of nitrogens with zero attached hydrogens (tertiary/aromatic N) is 1. The minimum absolute atomic E-state index is 0.154. The predicted octanol–water partition coefficient (Wildman–Crippen LogP) is -0.220. The number of carbonyl (C=O) groups is 2. The van der Waals surface area contributed by atoms with Crippen LogP contribution in [0.5, 0.6) is 0 Å². The average molecular weight is 215 g/mol. The van der Waals surface area contributed by atoms with Crippen LogP contribution in [0, 0.1) is 5.92 Å². The summed E-state index contributed by atoms with van der Waals surface area (Å²) >= 11 is 0. The minimum Gasteiger partial charge on any atom is -0.459 e. The van der Waals surface area contributed by atoms with Crippen molar-refractivity contribution < 1.29 is 19.4 Å². The van der Waals surface area contributed by atoms with E-state index in [2.05, 4.69) is 4.74 Å². The third kappa shape index (κ3) is 3.20. The number of hydrogen-bond donors (Lipinski definition) is 1. The summed E-state index contributed by atoms with van der Waals surface area (Å²) in [5, 5.41) is 8.91. The van der Waals surface area contributed by atoms with E-state index in [1.165, 1.54) is 4.90 Å². The van der Waals surface area contributed by atoms with Gasteiger partial charge in [0.2, 0.25) is 0 Å². The molecule has 86 valence electrons. The summed E-state index contributed by atoms with van der Waals surface area (Å²) in [5.41, 5.74) is 0. The first-order valence-electron chi connectivity index (χ1n) is 5.26. The highest BCUT2D eigenvalue weighted by molar-refractivity contribution is 6.32. The fraction of sp³-hybridized carbons (Fsp3) is 0.800. The van der Waals surface area contributed by atoms with Gasteiger partial charge in [0, 0.05) is 19.7 Å². The zero-order chi connectivity index (χ0) is 11.3. The number of likely N-dealkylation sites (tertiary alicyclic amines) is 1. The number of amides is 1. The molecule has 1 aliphatic rings. The van der Waals surface area contributed by atoms with Gasteiger partial charge in [-0.3, -0.25) is 4.79 Å². The highest BCUT2D eigenvalue weighted by Gasteiger charge is 2.27. The van der Waals surface area contributed by atoms with Crippen LogP contribution < -0.4 is 0 Å². The van der Waals surface area contributed by atoms with Gasteiger partial charge < -0.3 is 14.7 Å². The maximum atomic E-state index is 11.5. The van der Waals surface area contributed by atoms with Crippen molar-refractivity contribution in [2.75, 3.05) is 26.3 Å². The normalized spacial score (nSPS) is 17.6. The van der Waals surface area contributed by atoms with Gasteiger partial charge in [-0.15, -0.1) is 0 Å². The summed E-state index contributed by atoms with van der Waals surface area (Å²) in [4.78, 5) is 24.1. The maximum Gasteiger partial charge on any atom is 0.397 e. The molecule has 1 heterocycles. The Bertz CT molecular complexity index is 234. The molecule has 0 spiro atoms. The van der Waals surface area contributed by atoms with Crippen LogP contribution in [0.3, 0.4) is 0 Å². The zero-order valence-electron chi connectivity index (χ0n) is 8.94. The van der Waals surface area contributed by atoms with E-state index in [0.717, 1.165) is 12.8 Å². The van der Waals surface area contributed by atoms with E-state index in [-0.39, 0.29) is 19.1 Å². The Morgan fingerprint density at radius 1 is 1.40 bits per heavy atom. The molecule has 0 aromatic carbocycles. The van der Waals surface area contributed by atoms with Crippen molar-refractivity contribution in [3.8, 4) is 0 Å². The molecule has 0 saturated carbocycles. The molecular formula is C10H17NO4. The van der Waals surface area contributed by atoms with Crippen LogP contribution in [0.1, 0.15) is 19.8 Å². The van der Waals surface area contributed by atoms with Gasteiger partial charge in [0.05, 0.1) is 6.61 Å². The second kappa shape index (κ2) is 5.70. The molecule has 0 aromatic rings. The molecule has 1 aliphatic heterocycles. The highest BCUT2D eigenvalue weighted by atomic mass is 16.5. The molecule has 15 heavy (non-hydrogen) atoms. The fourth-order valence-corrected chi connectivity index (χ4v) is 1.64. The second-order valence-corrected chi connectivity index (χ2v) is 3.64. The van der Waals surface area contributed by atoms with Crippen LogP contribution in [-0.4, -0.2) is 48.2 Å². The molecule has 1 amide bonds. The Hall–Kier alpha value is -1.10. The smallest absolute Gasteiger partial charge is 0.397 e. The van der Waals surface area contributed by atoms with Gasteiger partial charge in [0.15, 0.2) is 0 Å². The summed E-state index contributed by atoms with van der Waals surface area (Å²) in [6, 6.07) is 0. The van der Waals surface area contributed by atoms with Crippen molar-refractivity contribution in [3.05, 3.63) is 0 Å². The molecule has 0 aliphatic carbocycles. The molecule has 1 N–H and O–H groups in total. The summed E-state index contributed by atoms with van der Waals surface area (Å²) in [6.07, 6.45) is 1.50. The predicted molar refractivity (Wildman–Crippen MR) is 53.0 cm³/mol. The van der Waals surface area contributed by atoms with E-state index in [9.17, 15) is 9.59 Å². The van der Waals surface area contributed by atoms with Crippen LogP contribution >= 0.6 is 0 Å². The number of aliphatic hydroxyl groups excluding tert-OH is 1. The molecule has 0 radical (unpaired) electrons. The van der Waals surface area contributed by atoms with E-state index in [0.29, 0.717) is 13.1 Å². The highest BCUT2D eigenvalue weighted by Crippen LogP contribution is 2.16. The Morgan fingerprint density at radius 2 is 2.00 bits per heavy atom. The molecular weight excluding hydrogens is 198 g/mol. The summed E-state index contributed by atoms with van der Waals surface area (Å²) in [7, 11) is 0. The van der Waals surface area contributed by atoms with Crippen molar-refractivity contribution in [2.24, 2.45) is 5.92 Å². The largest absolute Gasteiger partial charge is 0.459 e. The molecule has 0 bridgehead atoms. The van der Waals surface area contributed by atoms with Gasteiger partial charge in [-0.05, 0) is 25.7 Å². The number of aliphatic hydroxyl groups is 1. The van der Waals surface area contributed by atoms with Crippen molar-refractivity contribution in [1.82, 2.24) is 4.90 Å². The molecule has 0 unspecified atom stereocenters. The standard InChI is InChI=1S/C10H17NO4/c1-2-15-10(14)9(13)11-5-3-8(7-12)4-6-11/h8,12H,2-7H2,1H3. The Balaban J connectivity index is 2.39. The Morgan fingerprint density at radius 3 is 2.47 bits per heavy atom. The maximum absolute atomic E-state index is 11.5. The topological polar surface area (TPSA) is 66.8 Å². The van der Waals surface area contributed by atoms with E-state index >= 15 is 0 Å². The third-order valence-electron chi connectivity index (χ3n) is 2.61. The average Bonchev–Trinajstić information content (AvgIpc) is 2.28. The minimum atomic E-state index is -0.778. The first-order chi connectivity index (χ1) is 7.19. The molecule has 5 nitrogen and oxygen atoms in total. The Kier molecular flexibility index (Phi) is 4.55. The van der Waals surface area contributed by atoms with E-state index < -0.39 is 11.9 Å². The van der Waals surface area contributed by atoms with Crippen molar-refractivity contribution in [3.63, 3.8) is 0 Å². The number of ether oxygens (including phenoxy) is 1. The lowest BCUT2D eigenvalue weighted by Gasteiger charge is -2.30. The summed E-state index contributed by atoms with van der Waals surface area (Å²) < 4.78 is 4.63. The van der Waals surface area contributed by atoms with Crippen molar-refractivity contribution in [1.29, 1.82) is 0 Å². The number of rotatable bonds is 2. The molecule has 1 saturated heterocycles. The van der Waals surface area contributed by atoms with Gasteiger partial charge in [-0.1, -0.05) is 0 Å². The quantitative estimate of drug-likeness (QED) is 0.511. The third-order valence-corrected chi connectivity index (χ3v) is 2.61. The lowest BCUT2D eigenvalue weighted by atomic mass is 9.98. The van der Waals surface area contributed by atoms with Crippen LogP contribution in [0.4, 0.5) is 0 Å². The fourth-order valence-electron chi connectivity index (χ4n) is 1.64. The van der Waals surface area contributed by atoms with Gasteiger partial charge in [-0.2, -0.15) is 0 Å². The van der Waals surface area contributed by atoms with Crippen LogP contribution in [0.2, 0.25) is 0 Å². The lowest BCUT2D eigenvalue weighted by Crippen LogP contribution is -2.43. The van der Waals surface area contributed by atoms with E-state index in [1.807, 2.05) is 0 Å². The van der Waals surface area contributed by atoms with E-state index in [4.69, 9.17) is 5.11 Å². The number of hydrogen-bond acceptors (Lipinski definition) is 4. The van der Waals surface area contributed by atoms with Gasteiger partial charge in [0.1, 0.15) is 0 Å². The monoisotopic (exact) mass is 215 g/mol. The van der Waals surface area contributed by atoms with Crippen LogP contribution in [-0.2, 0) is 14.3 Å². The second-order valence-electron chi connectivity index (χ2n) is 3.64. The number of esters is 1. The molecule has 0 atom stereocenters. The van der Waals surface area contributed by atoms with Gasteiger partial charge in [-0.25, -0.2) is 4.79 Å². The molecule has 0 aromatic heterocycles. The zero-order valence-corrected chi connectivity index (χ0v) is 8.94. The lowest BCUT2D eigenvalue weighted by molar-refractivity contribution is -0.160. The SMILES string of the molecule is CCOC(=O)C(=O)N1CCC(CO)CC1. The number of carbonyl (C=O) groups excluding carboxylic acids is 2. The first-order valence-corrected chi connectivity index (χ1v) is 5.26. The first kappa shape index (κ1) is 12.0. The molecule has 5 heteroatoms. The van der Waals surface area contributed by atoms with Crippen LogP contribution in [0.25, 0.3) is 0 Å². The van der Waals surface area contributed by atoms with Gasteiger partial charge in [0.25, 0.3) is 0 Å². The van der Waals surface area contributed by atoms with Gasteiger partial charge >= 0.3 is 11.9 Å².